The van der Waals surface area contributed by atoms with Gasteiger partial charge < -0.3 is 10.2 Å². The molecule has 4 aromatic rings. The number of halogens is 3. The van der Waals surface area contributed by atoms with Gasteiger partial charge in [-0.3, -0.25) is 14.5 Å². The Bertz CT molecular complexity index is 1690. The third-order valence-corrected chi connectivity index (χ3v) is 7.79. The molecule has 1 fully saturated rings. The van der Waals surface area contributed by atoms with Gasteiger partial charge in [-0.25, -0.2) is 13.8 Å². The molecule has 1 atom stereocenters. The molecule has 2 amide bonds. The minimum Gasteiger partial charge on any atom is -0.340 e. The van der Waals surface area contributed by atoms with Gasteiger partial charge in [0.1, 0.15) is 23.4 Å². The van der Waals surface area contributed by atoms with E-state index < -0.39 is 29.5 Å². The molecule has 9 heteroatoms. The molecule has 1 aromatic heterocycles. The van der Waals surface area contributed by atoms with E-state index in [1.165, 1.54) is 6.07 Å². The van der Waals surface area contributed by atoms with Crippen molar-refractivity contribution in [2.24, 2.45) is 0 Å². The fraction of sp³-hybridized carbons (Fsp3) is 0.194. The number of carbonyl (C=O) groups is 2. The van der Waals surface area contributed by atoms with Gasteiger partial charge in [0.15, 0.2) is 0 Å². The summed E-state index contributed by atoms with van der Waals surface area (Å²) < 4.78 is 29.8. The van der Waals surface area contributed by atoms with Crippen LogP contribution in [0.25, 0.3) is 22.6 Å². The molecule has 0 bridgehead atoms. The first kappa shape index (κ1) is 26.3. The van der Waals surface area contributed by atoms with Crippen molar-refractivity contribution in [2.45, 2.75) is 19.0 Å². The van der Waals surface area contributed by atoms with E-state index in [1.807, 2.05) is 55.6 Å². The summed E-state index contributed by atoms with van der Waals surface area (Å²) in [6, 6.07) is 18.0. The summed E-state index contributed by atoms with van der Waals surface area (Å²) >= 11 is 3.53. The third kappa shape index (κ3) is 4.80. The molecule has 1 N–H and O–H groups in total. The second kappa shape index (κ2) is 10.6. The van der Waals surface area contributed by atoms with E-state index in [-0.39, 0.29) is 18.7 Å². The number of para-hydroxylation sites is 2. The molecule has 1 unspecified atom stereocenters. The zero-order valence-corrected chi connectivity index (χ0v) is 23.2. The second-order valence-electron chi connectivity index (χ2n) is 10.1. The van der Waals surface area contributed by atoms with Gasteiger partial charge in [0.25, 0.3) is 5.91 Å². The van der Waals surface area contributed by atoms with Crippen LogP contribution < -0.4 is 10.2 Å². The van der Waals surface area contributed by atoms with Crippen LogP contribution >= 0.6 is 15.9 Å². The van der Waals surface area contributed by atoms with Crippen LogP contribution in [0, 0.1) is 11.6 Å². The highest BCUT2D eigenvalue weighted by Crippen LogP contribution is 2.34. The van der Waals surface area contributed by atoms with Crippen LogP contribution in [0.1, 0.15) is 33.6 Å². The van der Waals surface area contributed by atoms with Crippen molar-refractivity contribution >= 4 is 56.0 Å². The van der Waals surface area contributed by atoms with Crippen LogP contribution in [0.2, 0.25) is 0 Å². The second-order valence-corrected chi connectivity index (χ2v) is 11.0. The first-order valence-electron chi connectivity index (χ1n) is 12.9. The Hall–Kier alpha value is -3.95. The smallest absolute Gasteiger partial charge is 0.253 e. The molecular weight excluding hydrogens is 578 g/mol. The quantitative estimate of drug-likeness (QED) is 0.321. The van der Waals surface area contributed by atoms with Crippen molar-refractivity contribution in [2.75, 3.05) is 25.0 Å². The van der Waals surface area contributed by atoms with Gasteiger partial charge in [-0.15, -0.1) is 0 Å². The number of carbonyl (C=O) groups excluding carboxylic acids is 2. The number of pyridine rings is 1. The molecule has 6 rings (SSSR count). The van der Waals surface area contributed by atoms with Crippen LogP contribution in [0.3, 0.4) is 0 Å². The van der Waals surface area contributed by atoms with E-state index in [1.54, 1.807) is 0 Å². The first-order valence-corrected chi connectivity index (χ1v) is 13.7. The molecular formula is C31H25BrF2N4O2. The van der Waals surface area contributed by atoms with Crippen molar-refractivity contribution < 1.29 is 18.4 Å². The topological polar surface area (TPSA) is 65.5 Å². The Morgan fingerprint density at radius 3 is 2.58 bits per heavy atom. The van der Waals surface area contributed by atoms with Crippen molar-refractivity contribution in [3.63, 3.8) is 0 Å². The summed E-state index contributed by atoms with van der Waals surface area (Å²) in [5, 5.41) is 3.54. The highest BCUT2D eigenvalue weighted by Gasteiger charge is 2.37. The third-order valence-electron chi connectivity index (χ3n) is 7.30. The first-order chi connectivity index (χ1) is 19.3. The zero-order chi connectivity index (χ0) is 28.0. The van der Waals surface area contributed by atoms with Crippen LogP contribution in [0.4, 0.5) is 14.5 Å². The van der Waals surface area contributed by atoms with E-state index in [2.05, 4.69) is 32.2 Å². The van der Waals surface area contributed by atoms with Crippen molar-refractivity contribution in [1.82, 2.24) is 15.2 Å². The lowest BCUT2D eigenvalue weighted by atomic mass is 9.91. The average molecular weight is 603 g/mol. The van der Waals surface area contributed by atoms with E-state index in [4.69, 9.17) is 4.98 Å². The standard InChI is InChI=1S/C31H25BrF2N4O2/c1-37-16-19(14-18-6-4-7-20(32)15-18)28-22(17-37)27(21-8-2-3-11-25(21)35-28)30(39)36-26-12-13-38(31(26)40)29-23(33)9-5-10-24(29)34/h2-11,14-15,26H,12-13,16-17H2,1H3,(H,36,39)/b19-14-. The number of aromatic nitrogens is 1. The molecule has 202 valence electrons. The number of hydrogen-bond donors (Lipinski definition) is 1. The van der Waals surface area contributed by atoms with E-state index in [9.17, 15) is 18.4 Å². The Balaban J connectivity index is 1.39. The Labute approximate surface area is 238 Å². The number of amides is 2. The van der Waals surface area contributed by atoms with Gasteiger partial charge in [0, 0.05) is 35.1 Å². The lowest BCUT2D eigenvalue weighted by Crippen LogP contribution is -2.42. The highest BCUT2D eigenvalue weighted by molar-refractivity contribution is 9.10. The average Bonchev–Trinajstić information content (AvgIpc) is 3.26. The summed E-state index contributed by atoms with van der Waals surface area (Å²) in [6.45, 7) is 1.24. The van der Waals surface area contributed by atoms with Gasteiger partial charge in [-0.2, -0.15) is 0 Å². The van der Waals surface area contributed by atoms with Gasteiger partial charge in [0.2, 0.25) is 5.91 Å². The number of nitrogens with one attached hydrogen (secondary N) is 1. The molecule has 2 aliphatic rings. The molecule has 3 aromatic carbocycles. The van der Waals surface area contributed by atoms with E-state index in [0.717, 1.165) is 43.9 Å². The van der Waals surface area contributed by atoms with Crippen LogP contribution in [-0.4, -0.2) is 47.9 Å². The monoisotopic (exact) mass is 602 g/mol. The number of hydrogen-bond acceptors (Lipinski definition) is 4. The highest BCUT2D eigenvalue weighted by atomic mass is 79.9. The minimum absolute atomic E-state index is 0.0963. The number of likely N-dealkylation sites (N-methyl/N-ethyl adjacent to an activating group) is 1. The Kier molecular flexibility index (Phi) is 6.93. The zero-order valence-electron chi connectivity index (χ0n) is 21.6. The number of nitrogens with zero attached hydrogens (tertiary/aromatic N) is 3. The molecule has 3 heterocycles. The number of fused-ring (bicyclic) bond motifs is 2. The Morgan fingerprint density at radius 1 is 1.05 bits per heavy atom. The predicted octanol–water partition coefficient (Wildman–Crippen LogP) is 5.80. The van der Waals surface area contributed by atoms with Gasteiger partial charge in [0.05, 0.1) is 16.8 Å². The fourth-order valence-electron chi connectivity index (χ4n) is 5.55. The molecule has 0 radical (unpaired) electrons. The molecule has 0 saturated carbocycles. The lowest BCUT2D eigenvalue weighted by molar-refractivity contribution is -0.118. The van der Waals surface area contributed by atoms with Crippen LogP contribution in [0.15, 0.2) is 71.2 Å². The normalized spacial score (nSPS) is 18.4. The molecule has 2 aliphatic heterocycles. The predicted molar refractivity (Wildman–Crippen MR) is 155 cm³/mol. The molecule has 40 heavy (non-hydrogen) atoms. The van der Waals surface area contributed by atoms with Gasteiger partial charge in [-0.1, -0.05) is 52.3 Å². The minimum atomic E-state index is -0.910. The van der Waals surface area contributed by atoms with Crippen molar-refractivity contribution in [1.29, 1.82) is 0 Å². The summed E-state index contributed by atoms with van der Waals surface area (Å²) in [6.07, 6.45) is 2.31. The van der Waals surface area contributed by atoms with Crippen molar-refractivity contribution in [3.8, 4) is 0 Å². The van der Waals surface area contributed by atoms with Crippen LogP contribution in [-0.2, 0) is 11.3 Å². The Morgan fingerprint density at radius 2 is 1.80 bits per heavy atom. The molecule has 6 nitrogen and oxygen atoms in total. The number of benzene rings is 3. The van der Waals surface area contributed by atoms with Gasteiger partial charge in [-0.05, 0) is 61.0 Å². The summed E-state index contributed by atoms with van der Waals surface area (Å²) in [4.78, 5) is 35.3. The van der Waals surface area contributed by atoms with E-state index in [0.29, 0.717) is 29.6 Å². The summed E-state index contributed by atoms with van der Waals surface area (Å²) in [7, 11) is 1.98. The SMILES string of the molecule is CN1C/C(=C/c2cccc(Br)c2)c2nc3ccccc3c(C(=O)NC3CCN(c4c(F)cccc4F)C3=O)c2C1. The molecule has 1 saturated heterocycles. The largest absolute Gasteiger partial charge is 0.340 e. The van der Waals surface area contributed by atoms with Gasteiger partial charge >= 0.3 is 0 Å². The maximum atomic E-state index is 14.4. The van der Waals surface area contributed by atoms with Crippen LogP contribution in [0.5, 0.6) is 0 Å². The maximum absolute atomic E-state index is 14.4. The number of rotatable bonds is 4. The van der Waals surface area contributed by atoms with Crippen molar-refractivity contribution in [3.05, 3.63) is 105 Å². The van der Waals surface area contributed by atoms with E-state index >= 15 is 0 Å². The summed E-state index contributed by atoms with van der Waals surface area (Å²) in [5.74, 6) is -2.59. The summed E-state index contributed by atoms with van der Waals surface area (Å²) in [5.41, 5.74) is 4.23. The number of anilines is 1. The molecule has 0 aliphatic carbocycles. The fourth-order valence-corrected chi connectivity index (χ4v) is 5.96. The maximum Gasteiger partial charge on any atom is 0.253 e. The molecule has 0 spiro atoms. The lowest BCUT2D eigenvalue weighted by Gasteiger charge is -2.29.